The second kappa shape index (κ2) is 5.50. The maximum atomic E-state index is 11.4. The van der Waals surface area contributed by atoms with Crippen molar-refractivity contribution in [3.05, 3.63) is 0 Å². The second-order valence-electron chi connectivity index (χ2n) is 2.92. The molecule has 1 heterocycles. The molecule has 0 radical (unpaired) electrons. The Hall–Kier alpha value is -0.360. The van der Waals surface area contributed by atoms with Gasteiger partial charge in [0.05, 0.1) is 0 Å². The van der Waals surface area contributed by atoms with Crippen LogP contribution in [0, 0.1) is 0 Å². The van der Waals surface area contributed by atoms with E-state index in [1.165, 1.54) is 6.92 Å². The predicted molar refractivity (Wildman–Crippen MR) is 58.3 cm³/mol. The van der Waals surface area contributed by atoms with Crippen molar-refractivity contribution >= 4 is 35.4 Å². The third-order valence-corrected chi connectivity index (χ3v) is 4.50. The van der Waals surface area contributed by atoms with Crippen molar-refractivity contribution in [1.29, 1.82) is 0 Å². The van der Waals surface area contributed by atoms with Gasteiger partial charge >= 0.3 is 5.97 Å². The van der Waals surface area contributed by atoms with E-state index in [1.54, 1.807) is 23.5 Å². The Labute approximate surface area is 91.3 Å². The molecule has 1 aliphatic rings. The van der Waals surface area contributed by atoms with Crippen LogP contribution in [-0.4, -0.2) is 40.5 Å². The van der Waals surface area contributed by atoms with Gasteiger partial charge in [0.25, 0.3) is 5.91 Å². The van der Waals surface area contributed by atoms with Crippen LogP contribution in [-0.2, 0) is 14.3 Å². The van der Waals surface area contributed by atoms with E-state index in [0.717, 1.165) is 17.3 Å². The SMILES string of the molecule is C[C@H](OC(=O)[C@@H]1CSCCS1)C(N)=O. The van der Waals surface area contributed by atoms with Crippen molar-refractivity contribution in [3.63, 3.8) is 0 Å². The summed E-state index contributed by atoms with van der Waals surface area (Å²) in [6.07, 6.45) is -0.824. The molecule has 0 aliphatic carbocycles. The minimum Gasteiger partial charge on any atom is -0.452 e. The number of carbonyl (C=O) groups is 2. The van der Waals surface area contributed by atoms with E-state index in [2.05, 4.69) is 0 Å². The molecule has 1 rings (SSSR count). The van der Waals surface area contributed by atoms with Crippen LogP contribution in [0.4, 0.5) is 0 Å². The van der Waals surface area contributed by atoms with E-state index >= 15 is 0 Å². The molecule has 0 saturated carbocycles. The molecule has 1 fully saturated rings. The summed E-state index contributed by atoms with van der Waals surface area (Å²) in [4.78, 5) is 22.1. The molecule has 2 atom stereocenters. The fourth-order valence-electron chi connectivity index (χ4n) is 0.932. The smallest absolute Gasteiger partial charge is 0.320 e. The molecule has 6 heteroatoms. The Bertz CT molecular complexity index is 229. The first-order valence-electron chi connectivity index (χ1n) is 4.30. The maximum absolute atomic E-state index is 11.4. The summed E-state index contributed by atoms with van der Waals surface area (Å²) >= 11 is 3.31. The standard InChI is InChI=1S/C8H13NO3S2/c1-5(7(9)10)12-8(11)6-4-13-2-3-14-6/h5-6H,2-4H2,1H3,(H2,9,10)/t5-,6-/m0/s1. The zero-order valence-corrected chi connectivity index (χ0v) is 9.53. The summed E-state index contributed by atoms with van der Waals surface area (Å²) < 4.78 is 4.90. The highest BCUT2D eigenvalue weighted by Gasteiger charge is 2.26. The number of nitrogens with two attached hydrogens (primary N) is 1. The van der Waals surface area contributed by atoms with Crippen LogP contribution < -0.4 is 5.73 Å². The Morgan fingerprint density at radius 2 is 2.21 bits per heavy atom. The van der Waals surface area contributed by atoms with Crippen molar-refractivity contribution in [2.24, 2.45) is 5.73 Å². The van der Waals surface area contributed by atoms with Crippen molar-refractivity contribution in [2.75, 3.05) is 17.3 Å². The van der Waals surface area contributed by atoms with Gasteiger partial charge in [-0.25, -0.2) is 0 Å². The molecule has 0 spiro atoms. The molecule has 14 heavy (non-hydrogen) atoms. The topological polar surface area (TPSA) is 69.4 Å². The molecule has 0 bridgehead atoms. The predicted octanol–water partition coefficient (Wildman–Crippen LogP) is 0.252. The number of primary amides is 1. The normalized spacial score (nSPS) is 23.9. The van der Waals surface area contributed by atoms with Crippen molar-refractivity contribution < 1.29 is 14.3 Å². The first-order valence-corrected chi connectivity index (χ1v) is 6.50. The zero-order valence-electron chi connectivity index (χ0n) is 7.89. The van der Waals surface area contributed by atoms with Gasteiger partial charge in [0.2, 0.25) is 0 Å². The van der Waals surface area contributed by atoms with Gasteiger partial charge in [0.15, 0.2) is 6.10 Å². The van der Waals surface area contributed by atoms with Crippen molar-refractivity contribution in [2.45, 2.75) is 18.3 Å². The molecule has 0 unspecified atom stereocenters. The van der Waals surface area contributed by atoms with Crippen LogP contribution in [0.3, 0.4) is 0 Å². The number of ether oxygens (including phenoxy) is 1. The summed E-state index contributed by atoms with van der Waals surface area (Å²) in [5.74, 6) is 1.85. The molecule has 1 aliphatic heterocycles. The van der Waals surface area contributed by atoms with Gasteiger partial charge in [0.1, 0.15) is 5.25 Å². The van der Waals surface area contributed by atoms with Crippen LogP contribution in [0.1, 0.15) is 6.92 Å². The summed E-state index contributed by atoms with van der Waals surface area (Å²) in [5, 5.41) is -0.143. The Kier molecular flexibility index (Phi) is 4.60. The quantitative estimate of drug-likeness (QED) is 0.710. The van der Waals surface area contributed by atoms with E-state index in [9.17, 15) is 9.59 Å². The average molecular weight is 235 g/mol. The first-order chi connectivity index (χ1) is 6.61. The number of carbonyl (C=O) groups excluding carboxylic acids is 2. The van der Waals surface area contributed by atoms with Gasteiger partial charge in [-0.1, -0.05) is 0 Å². The highest BCUT2D eigenvalue weighted by Crippen LogP contribution is 2.25. The molecule has 0 aromatic heterocycles. The number of amides is 1. The lowest BCUT2D eigenvalue weighted by Gasteiger charge is -2.20. The molecule has 4 nitrogen and oxygen atoms in total. The molecular formula is C8H13NO3S2. The van der Waals surface area contributed by atoms with E-state index in [0.29, 0.717) is 0 Å². The maximum Gasteiger partial charge on any atom is 0.320 e. The Morgan fingerprint density at radius 3 is 2.71 bits per heavy atom. The third kappa shape index (κ3) is 3.42. The summed E-state index contributed by atoms with van der Waals surface area (Å²) in [7, 11) is 0. The van der Waals surface area contributed by atoms with Gasteiger partial charge in [-0.3, -0.25) is 9.59 Å². The van der Waals surface area contributed by atoms with E-state index < -0.39 is 12.0 Å². The van der Waals surface area contributed by atoms with Gasteiger partial charge < -0.3 is 10.5 Å². The first kappa shape index (κ1) is 11.7. The lowest BCUT2D eigenvalue weighted by molar-refractivity contribution is -0.152. The summed E-state index contributed by atoms with van der Waals surface area (Å²) in [6, 6.07) is 0. The zero-order chi connectivity index (χ0) is 10.6. The van der Waals surface area contributed by atoms with Crippen molar-refractivity contribution in [3.8, 4) is 0 Å². The minimum atomic E-state index is -0.824. The van der Waals surface area contributed by atoms with E-state index in [4.69, 9.17) is 10.5 Å². The molecule has 1 saturated heterocycles. The highest BCUT2D eigenvalue weighted by molar-refractivity contribution is 8.07. The average Bonchev–Trinajstić information content (AvgIpc) is 2.19. The summed E-state index contributed by atoms with van der Waals surface area (Å²) in [6.45, 7) is 1.49. The third-order valence-electron chi connectivity index (χ3n) is 1.77. The fourth-order valence-corrected chi connectivity index (χ4v) is 3.45. The van der Waals surface area contributed by atoms with Crippen molar-refractivity contribution in [1.82, 2.24) is 0 Å². The molecule has 0 aromatic rings. The molecule has 1 amide bonds. The Balaban J connectivity index is 2.36. The number of thioether (sulfide) groups is 2. The van der Waals surface area contributed by atoms with E-state index in [-0.39, 0.29) is 11.2 Å². The molecule has 80 valence electrons. The van der Waals surface area contributed by atoms with Crippen LogP contribution in [0.5, 0.6) is 0 Å². The summed E-state index contributed by atoms with van der Waals surface area (Å²) in [5.41, 5.74) is 4.99. The number of esters is 1. The number of hydrogen-bond donors (Lipinski definition) is 1. The van der Waals surface area contributed by atoms with Crippen LogP contribution in [0.25, 0.3) is 0 Å². The van der Waals surface area contributed by atoms with Gasteiger partial charge in [0, 0.05) is 17.3 Å². The molecule has 0 aromatic carbocycles. The lowest BCUT2D eigenvalue weighted by atomic mass is 10.4. The molecular weight excluding hydrogens is 222 g/mol. The van der Waals surface area contributed by atoms with Gasteiger partial charge in [-0.15, -0.1) is 11.8 Å². The second-order valence-corrected chi connectivity index (χ2v) is 5.38. The lowest BCUT2D eigenvalue weighted by Crippen LogP contribution is -2.35. The number of hydrogen-bond acceptors (Lipinski definition) is 5. The largest absolute Gasteiger partial charge is 0.452 e. The highest BCUT2D eigenvalue weighted by atomic mass is 32.2. The fraction of sp³-hybridized carbons (Fsp3) is 0.750. The van der Waals surface area contributed by atoms with Gasteiger partial charge in [-0.2, -0.15) is 11.8 Å². The van der Waals surface area contributed by atoms with Crippen LogP contribution >= 0.6 is 23.5 Å². The van der Waals surface area contributed by atoms with Crippen LogP contribution in [0.2, 0.25) is 0 Å². The minimum absolute atomic E-state index is 0.143. The Morgan fingerprint density at radius 1 is 1.50 bits per heavy atom. The van der Waals surface area contributed by atoms with Gasteiger partial charge in [-0.05, 0) is 6.92 Å². The molecule has 2 N–H and O–H groups in total. The van der Waals surface area contributed by atoms with E-state index in [1.807, 2.05) is 0 Å². The monoisotopic (exact) mass is 235 g/mol. The number of rotatable bonds is 3. The van der Waals surface area contributed by atoms with Crippen LogP contribution in [0.15, 0.2) is 0 Å².